The van der Waals surface area contributed by atoms with Crippen molar-refractivity contribution in [1.82, 2.24) is 44.1 Å². The minimum atomic E-state index is 0.324. The Morgan fingerprint density at radius 1 is 1.19 bits per heavy atom. The van der Waals surface area contributed by atoms with Crippen molar-refractivity contribution in [1.29, 1.82) is 0 Å². The van der Waals surface area contributed by atoms with Gasteiger partial charge in [0.05, 0.1) is 11.1 Å². The van der Waals surface area contributed by atoms with Crippen LogP contribution in [0, 0.1) is 18.3 Å². The van der Waals surface area contributed by atoms with Gasteiger partial charge in [0.15, 0.2) is 22.5 Å². The van der Waals surface area contributed by atoms with E-state index in [0.717, 1.165) is 58.1 Å². The number of nitrogens with zero attached hydrogens (tertiary/aromatic N) is 9. The van der Waals surface area contributed by atoms with Gasteiger partial charge in [0.1, 0.15) is 16.9 Å². The normalized spacial score (nSPS) is 16.3. The largest absolute Gasteiger partial charge is 0.301 e. The van der Waals surface area contributed by atoms with E-state index in [2.05, 4.69) is 47.6 Å². The van der Waals surface area contributed by atoms with E-state index in [0.29, 0.717) is 17.1 Å². The van der Waals surface area contributed by atoms with E-state index in [9.17, 15) is 0 Å². The minimum Gasteiger partial charge on any atom is -0.301 e. The van der Waals surface area contributed by atoms with Crippen molar-refractivity contribution >= 4 is 39.0 Å². The first-order chi connectivity index (χ1) is 17.2. The van der Waals surface area contributed by atoms with Gasteiger partial charge < -0.3 is 4.57 Å². The first-order valence-corrected chi connectivity index (χ1v) is 14.2. The molecule has 0 amide bonds. The predicted octanol–water partition coefficient (Wildman–Crippen LogP) is 5.10. The van der Waals surface area contributed by atoms with Gasteiger partial charge >= 0.3 is 0 Å². The monoisotopic (exact) mass is 521 g/mol. The van der Waals surface area contributed by atoms with Crippen LogP contribution in [0.2, 0.25) is 0 Å². The molecule has 1 unspecified atom stereocenters. The van der Waals surface area contributed by atoms with Crippen LogP contribution in [0.25, 0.3) is 27.4 Å². The van der Waals surface area contributed by atoms with Crippen LogP contribution < -0.4 is 0 Å². The molecule has 5 aromatic heterocycles. The van der Waals surface area contributed by atoms with Gasteiger partial charge in [0.25, 0.3) is 0 Å². The van der Waals surface area contributed by atoms with Crippen LogP contribution in [0.3, 0.4) is 0 Å². The summed E-state index contributed by atoms with van der Waals surface area (Å²) in [5.74, 6) is 2.88. The zero-order valence-corrected chi connectivity index (χ0v) is 23.2. The third-order valence-electron chi connectivity index (χ3n) is 7.36. The molecule has 0 spiro atoms. The summed E-state index contributed by atoms with van der Waals surface area (Å²) in [6.07, 6.45) is 5.24. The summed E-state index contributed by atoms with van der Waals surface area (Å²) >= 11 is 3.44. The van der Waals surface area contributed by atoms with Gasteiger partial charge in [0.2, 0.25) is 0 Å². The Kier molecular flexibility index (Phi) is 5.67. The van der Waals surface area contributed by atoms with Gasteiger partial charge in [-0.3, -0.25) is 4.68 Å². The zero-order chi connectivity index (χ0) is 25.2. The summed E-state index contributed by atoms with van der Waals surface area (Å²) < 4.78 is 5.80. The topological polar surface area (TPSA) is 91.6 Å². The van der Waals surface area contributed by atoms with E-state index in [1.165, 1.54) is 22.2 Å². The molecule has 1 atom stereocenters. The SMILES string of the molecule is CCn1c(SCc2nc3c4c5c(sc4ncn3n2)CC(C(C)(C)C)CC5)nnc1-c1cc(C)n(C)n1. The standard InChI is InChI=1S/C25H31N9S2/c1-7-33-21(17-10-14(2)32(6)30-17)28-29-24(33)35-12-19-27-22-20-16-9-8-15(25(3,4)5)11-18(16)36-23(20)26-13-34(22)31-19/h10,13,15H,7-9,11-12H2,1-6H3. The maximum Gasteiger partial charge on any atom is 0.191 e. The van der Waals surface area contributed by atoms with Gasteiger partial charge in [-0.1, -0.05) is 32.5 Å². The van der Waals surface area contributed by atoms with Gasteiger partial charge in [-0.2, -0.15) is 5.10 Å². The van der Waals surface area contributed by atoms with Crippen LogP contribution in [-0.2, 0) is 32.2 Å². The Labute approximate surface area is 218 Å². The highest BCUT2D eigenvalue weighted by molar-refractivity contribution is 7.98. The number of thiophene rings is 1. The lowest BCUT2D eigenvalue weighted by Gasteiger charge is -2.33. The molecule has 36 heavy (non-hydrogen) atoms. The molecule has 5 heterocycles. The summed E-state index contributed by atoms with van der Waals surface area (Å²) in [7, 11) is 1.94. The van der Waals surface area contributed by atoms with E-state index in [1.807, 2.05) is 40.6 Å². The molecule has 0 saturated carbocycles. The first-order valence-electron chi connectivity index (χ1n) is 12.4. The number of hydrogen-bond donors (Lipinski definition) is 0. The van der Waals surface area contributed by atoms with Crippen LogP contribution in [0.5, 0.6) is 0 Å². The molecule has 0 N–H and O–H groups in total. The Balaban J connectivity index is 1.28. The molecule has 9 nitrogen and oxygen atoms in total. The fraction of sp³-hybridized carbons (Fsp3) is 0.520. The van der Waals surface area contributed by atoms with Gasteiger partial charge in [-0.25, -0.2) is 14.5 Å². The lowest BCUT2D eigenvalue weighted by atomic mass is 9.72. The van der Waals surface area contributed by atoms with Gasteiger partial charge in [0, 0.05) is 24.2 Å². The third-order valence-corrected chi connectivity index (χ3v) is 9.49. The summed E-state index contributed by atoms with van der Waals surface area (Å²) in [5, 5.41) is 20.3. The Morgan fingerprint density at radius 2 is 2.03 bits per heavy atom. The molecular weight excluding hydrogens is 490 g/mol. The molecule has 5 aromatic rings. The number of hydrogen-bond acceptors (Lipinski definition) is 8. The maximum atomic E-state index is 4.96. The highest BCUT2D eigenvalue weighted by Gasteiger charge is 2.31. The fourth-order valence-electron chi connectivity index (χ4n) is 5.09. The molecule has 0 bridgehead atoms. The quantitative estimate of drug-likeness (QED) is 0.297. The summed E-state index contributed by atoms with van der Waals surface area (Å²) in [6.45, 7) is 12.0. The smallest absolute Gasteiger partial charge is 0.191 e. The van der Waals surface area contributed by atoms with E-state index >= 15 is 0 Å². The lowest BCUT2D eigenvalue weighted by molar-refractivity contribution is 0.218. The van der Waals surface area contributed by atoms with Crippen LogP contribution in [0.1, 0.15) is 56.1 Å². The van der Waals surface area contributed by atoms with Crippen molar-refractivity contribution in [3.63, 3.8) is 0 Å². The van der Waals surface area contributed by atoms with Crippen molar-refractivity contribution < 1.29 is 0 Å². The molecule has 0 fully saturated rings. The lowest BCUT2D eigenvalue weighted by Crippen LogP contribution is -2.26. The highest BCUT2D eigenvalue weighted by Crippen LogP contribution is 2.43. The second kappa shape index (κ2) is 8.65. The van der Waals surface area contributed by atoms with Crippen LogP contribution in [0.15, 0.2) is 17.6 Å². The van der Waals surface area contributed by atoms with E-state index in [1.54, 1.807) is 18.1 Å². The molecular formula is C25H31N9S2. The summed E-state index contributed by atoms with van der Waals surface area (Å²) in [4.78, 5) is 12.3. The molecule has 0 aliphatic heterocycles. The molecule has 0 radical (unpaired) electrons. The van der Waals surface area contributed by atoms with Crippen LogP contribution >= 0.6 is 23.1 Å². The number of thioether (sulfide) groups is 1. The van der Waals surface area contributed by atoms with E-state index in [-0.39, 0.29) is 0 Å². The van der Waals surface area contributed by atoms with Gasteiger partial charge in [-0.15, -0.1) is 26.6 Å². The minimum absolute atomic E-state index is 0.324. The number of aryl methyl sites for hydroxylation is 3. The van der Waals surface area contributed by atoms with E-state index < -0.39 is 0 Å². The fourth-order valence-corrected chi connectivity index (χ4v) is 7.20. The molecule has 1 aliphatic carbocycles. The van der Waals surface area contributed by atoms with Gasteiger partial charge in [-0.05, 0) is 56.1 Å². The average molecular weight is 522 g/mol. The average Bonchev–Trinajstić information content (AvgIpc) is 3.59. The molecule has 6 rings (SSSR count). The van der Waals surface area contributed by atoms with Crippen molar-refractivity contribution in [2.45, 2.75) is 71.3 Å². The van der Waals surface area contributed by atoms with Crippen LogP contribution in [0.4, 0.5) is 0 Å². The van der Waals surface area contributed by atoms with E-state index in [4.69, 9.17) is 15.1 Å². The first kappa shape index (κ1) is 23.6. The molecule has 11 heteroatoms. The van der Waals surface area contributed by atoms with Crippen molar-refractivity contribution in [2.24, 2.45) is 18.4 Å². The number of rotatable bonds is 5. The third kappa shape index (κ3) is 3.92. The van der Waals surface area contributed by atoms with Crippen molar-refractivity contribution in [3.8, 4) is 11.5 Å². The molecule has 188 valence electrons. The number of aromatic nitrogens is 9. The van der Waals surface area contributed by atoms with Crippen LogP contribution in [-0.4, -0.2) is 44.1 Å². The molecule has 0 aromatic carbocycles. The molecule has 0 saturated heterocycles. The number of fused-ring (bicyclic) bond motifs is 5. The summed E-state index contributed by atoms with van der Waals surface area (Å²) in [6, 6.07) is 2.04. The Hall–Kier alpha value is -2.79. The second-order valence-electron chi connectivity index (χ2n) is 10.7. The predicted molar refractivity (Wildman–Crippen MR) is 143 cm³/mol. The molecule has 1 aliphatic rings. The summed E-state index contributed by atoms with van der Waals surface area (Å²) in [5.41, 5.74) is 4.60. The maximum absolute atomic E-state index is 4.96. The van der Waals surface area contributed by atoms with Crippen molar-refractivity contribution in [3.05, 3.63) is 34.4 Å². The second-order valence-corrected chi connectivity index (χ2v) is 12.7. The Bertz CT molecular complexity index is 1560. The zero-order valence-electron chi connectivity index (χ0n) is 21.6. The van der Waals surface area contributed by atoms with Crippen molar-refractivity contribution in [2.75, 3.05) is 0 Å². The highest BCUT2D eigenvalue weighted by atomic mass is 32.2. The Morgan fingerprint density at radius 3 is 2.75 bits per heavy atom.